The topological polar surface area (TPSA) is 187 Å². The lowest BCUT2D eigenvalue weighted by atomic mass is 10.00. The smallest absolute Gasteiger partial charge is 0.326 e. The number of aromatic hydroxyl groups is 1. The van der Waals surface area contributed by atoms with Gasteiger partial charge >= 0.3 is 5.97 Å². The van der Waals surface area contributed by atoms with Gasteiger partial charge < -0.3 is 36.9 Å². The van der Waals surface area contributed by atoms with E-state index in [4.69, 9.17) is 5.73 Å². The standard InChI is InChI=1S/C34H39N5O6/c1-20(2)30(35)33(43)38-28(18-23-19-36-26-11-7-6-10-25(23)26)32(42)37-27(16-21-8-4-3-5-9-21)31(41)39-29(34(44)45)17-22-12-14-24(40)15-13-22/h3-15,19-20,27-30,36,40H,16-18,35H2,1-2H3,(H,37,42)(H,38,43)(H,39,41)(H,44,45). The first-order valence-electron chi connectivity index (χ1n) is 14.8. The van der Waals surface area contributed by atoms with E-state index in [1.54, 1.807) is 56.4 Å². The van der Waals surface area contributed by atoms with Crippen molar-refractivity contribution in [3.8, 4) is 5.75 Å². The number of rotatable bonds is 14. The molecule has 1 aromatic heterocycles. The number of carbonyl (C=O) groups is 4. The van der Waals surface area contributed by atoms with E-state index in [0.29, 0.717) is 5.56 Å². The zero-order valence-electron chi connectivity index (χ0n) is 25.2. The highest BCUT2D eigenvalue weighted by Crippen LogP contribution is 2.20. The number of carbonyl (C=O) groups excluding carboxylic acids is 3. The van der Waals surface area contributed by atoms with Crippen molar-refractivity contribution < 1.29 is 29.4 Å². The van der Waals surface area contributed by atoms with Gasteiger partial charge in [-0.1, -0.05) is 74.5 Å². The van der Waals surface area contributed by atoms with Gasteiger partial charge in [0.15, 0.2) is 0 Å². The number of carboxylic acids is 1. The molecule has 3 amide bonds. The Bertz CT molecular complexity index is 1620. The summed E-state index contributed by atoms with van der Waals surface area (Å²) in [5.74, 6) is -3.23. The van der Waals surface area contributed by atoms with Crippen molar-refractivity contribution in [1.29, 1.82) is 0 Å². The van der Waals surface area contributed by atoms with E-state index in [0.717, 1.165) is 22.0 Å². The molecule has 0 fully saturated rings. The van der Waals surface area contributed by atoms with Crippen LogP contribution in [0.4, 0.5) is 0 Å². The largest absolute Gasteiger partial charge is 0.508 e. The molecule has 0 radical (unpaired) electrons. The van der Waals surface area contributed by atoms with Crippen LogP contribution in [0.5, 0.6) is 5.75 Å². The zero-order valence-corrected chi connectivity index (χ0v) is 25.2. The Hall–Kier alpha value is -5.16. The average Bonchev–Trinajstić information content (AvgIpc) is 3.43. The van der Waals surface area contributed by atoms with Crippen LogP contribution < -0.4 is 21.7 Å². The molecule has 0 spiro atoms. The summed E-state index contributed by atoms with van der Waals surface area (Å²) >= 11 is 0. The van der Waals surface area contributed by atoms with Crippen LogP contribution in [0, 0.1) is 5.92 Å². The SMILES string of the molecule is CC(C)C(N)C(=O)NC(Cc1c[nH]c2ccccc12)C(=O)NC(Cc1ccccc1)C(=O)NC(Cc1ccc(O)cc1)C(=O)O. The molecule has 0 saturated heterocycles. The number of H-pyrrole nitrogens is 1. The van der Waals surface area contributed by atoms with Crippen LogP contribution in [0.15, 0.2) is 85.1 Å². The molecule has 4 aromatic rings. The number of benzene rings is 3. The number of fused-ring (bicyclic) bond motifs is 1. The van der Waals surface area contributed by atoms with Crippen LogP contribution in [-0.4, -0.2) is 63.1 Å². The van der Waals surface area contributed by atoms with Crippen LogP contribution >= 0.6 is 0 Å². The minimum atomic E-state index is -1.30. The van der Waals surface area contributed by atoms with E-state index in [9.17, 15) is 29.4 Å². The van der Waals surface area contributed by atoms with E-state index in [-0.39, 0.29) is 30.9 Å². The maximum atomic E-state index is 13.9. The van der Waals surface area contributed by atoms with Crippen LogP contribution in [0.3, 0.4) is 0 Å². The number of phenols is 1. The number of aromatic amines is 1. The second-order valence-corrected chi connectivity index (χ2v) is 11.4. The van der Waals surface area contributed by atoms with E-state index in [1.807, 2.05) is 30.3 Å². The number of nitrogens with two attached hydrogens (primary N) is 1. The fourth-order valence-electron chi connectivity index (χ4n) is 4.97. The Labute approximate surface area is 261 Å². The molecule has 0 aliphatic carbocycles. The van der Waals surface area contributed by atoms with Crippen LogP contribution in [0.1, 0.15) is 30.5 Å². The zero-order chi connectivity index (χ0) is 32.5. The first-order chi connectivity index (χ1) is 21.5. The number of para-hydroxylation sites is 1. The highest BCUT2D eigenvalue weighted by Gasteiger charge is 2.31. The second kappa shape index (κ2) is 15.0. The first kappa shape index (κ1) is 32.7. The predicted molar refractivity (Wildman–Crippen MR) is 170 cm³/mol. The molecule has 3 aromatic carbocycles. The summed E-state index contributed by atoms with van der Waals surface area (Å²) < 4.78 is 0. The summed E-state index contributed by atoms with van der Waals surface area (Å²) in [6.45, 7) is 3.60. The van der Waals surface area contributed by atoms with Gasteiger partial charge in [-0.3, -0.25) is 14.4 Å². The van der Waals surface area contributed by atoms with E-state index in [2.05, 4.69) is 20.9 Å². The van der Waals surface area contributed by atoms with E-state index < -0.39 is 47.9 Å². The van der Waals surface area contributed by atoms with Crippen molar-refractivity contribution in [2.24, 2.45) is 11.7 Å². The molecule has 4 rings (SSSR count). The van der Waals surface area contributed by atoms with Gasteiger partial charge in [-0.15, -0.1) is 0 Å². The van der Waals surface area contributed by atoms with Crippen LogP contribution in [-0.2, 0) is 38.4 Å². The lowest BCUT2D eigenvalue weighted by molar-refractivity contribution is -0.142. The third-order valence-corrected chi connectivity index (χ3v) is 7.66. The molecule has 8 N–H and O–H groups in total. The predicted octanol–water partition coefficient (Wildman–Crippen LogP) is 2.42. The Morgan fingerprint density at radius 2 is 1.24 bits per heavy atom. The fourth-order valence-corrected chi connectivity index (χ4v) is 4.97. The summed E-state index contributed by atoms with van der Waals surface area (Å²) in [7, 11) is 0. The highest BCUT2D eigenvalue weighted by atomic mass is 16.4. The maximum Gasteiger partial charge on any atom is 0.326 e. The van der Waals surface area contributed by atoms with Gasteiger partial charge in [-0.2, -0.15) is 0 Å². The number of hydrogen-bond donors (Lipinski definition) is 7. The molecule has 11 heteroatoms. The lowest BCUT2D eigenvalue weighted by Crippen LogP contribution is -2.58. The summed E-state index contributed by atoms with van der Waals surface area (Å²) in [4.78, 5) is 55.9. The third kappa shape index (κ3) is 8.93. The Morgan fingerprint density at radius 3 is 1.89 bits per heavy atom. The molecule has 1 heterocycles. The molecule has 0 aliphatic heterocycles. The number of amides is 3. The van der Waals surface area contributed by atoms with Crippen molar-refractivity contribution in [2.45, 2.75) is 57.3 Å². The number of carboxylic acid groups (broad SMARTS) is 1. The molecule has 0 saturated carbocycles. The minimum absolute atomic E-state index is 0.0314. The Balaban J connectivity index is 1.59. The minimum Gasteiger partial charge on any atom is -0.508 e. The van der Waals surface area contributed by atoms with E-state index >= 15 is 0 Å². The van der Waals surface area contributed by atoms with Gasteiger partial charge in [0.1, 0.15) is 23.9 Å². The number of aliphatic carboxylic acids is 1. The van der Waals surface area contributed by atoms with Gasteiger partial charge in [0.25, 0.3) is 0 Å². The first-order valence-corrected chi connectivity index (χ1v) is 14.8. The monoisotopic (exact) mass is 613 g/mol. The van der Waals surface area contributed by atoms with Gasteiger partial charge in [-0.25, -0.2) is 4.79 Å². The quantitative estimate of drug-likeness (QED) is 0.114. The van der Waals surface area contributed by atoms with E-state index in [1.165, 1.54) is 12.1 Å². The van der Waals surface area contributed by atoms with Crippen molar-refractivity contribution in [3.63, 3.8) is 0 Å². The maximum absolute atomic E-state index is 13.9. The number of aromatic nitrogens is 1. The molecule has 11 nitrogen and oxygen atoms in total. The normalized spacial score (nSPS) is 13.9. The summed E-state index contributed by atoms with van der Waals surface area (Å²) in [5, 5.41) is 28.4. The molecule has 0 bridgehead atoms. The molecule has 4 unspecified atom stereocenters. The van der Waals surface area contributed by atoms with Gasteiger partial charge in [-0.05, 0) is 40.8 Å². The fraction of sp³-hybridized carbons (Fsp3) is 0.294. The van der Waals surface area contributed by atoms with Crippen molar-refractivity contribution in [1.82, 2.24) is 20.9 Å². The van der Waals surface area contributed by atoms with Crippen molar-refractivity contribution in [2.75, 3.05) is 0 Å². The third-order valence-electron chi connectivity index (χ3n) is 7.66. The Morgan fingerprint density at radius 1 is 0.711 bits per heavy atom. The van der Waals surface area contributed by atoms with Gasteiger partial charge in [0, 0.05) is 36.4 Å². The summed E-state index contributed by atoms with van der Waals surface area (Å²) in [6, 6.07) is 18.2. The second-order valence-electron chi connectivity index (χ2n) is 11.4. The molecule has 0 aliphatic rings. The lowest BCUT2D eigenvalue weighted by Gasteiger charge is -2.26. The molecular formula is C34H39N5O6. The van der Waals surface area contributed by atoms with Crippen molar-refractivity contribution in [3.05, 3.63) is 102 Å². The number of hydrogen-bond acceptors (Lipinski definition) is 6. The molecule has 4 atom stereocenters. The average molecular weight is 614 g/mol. The summed E-state index contributed by atoms with van der Waals surface area (Å²) in [5.41, 5.74) is 9.08. The summed E-state index contributed by atoms with van der Waals surface area (Å²) in [6.07, 6.45) is 1.92. The van der Waals surface area contributed by atoms with Crippen LogP contribution in [0.25, 0.3) is 10.9 Å². The number of nitrogens with one attached hydrogen (secondary N) is 4. The van der Waals surface area contributed by atoms with Gasteiger partial charge in [0.2, 0.25) is 17.7 Å². The molecule has 236 valence electrons. The van der Waals surface area contributed by atoms with Crippen LogP contribution in [0.2, 0.25) is 0 Å². The molecular weight excluding hydrogens is 574 g/mol. The van der Waals surface area contributed by atoms with Crippen molar-refractivity contribution >= 4 is 34.6 Å². The molecule has 45 heavy (non-hydrogen) atoms. The van der Waals surface area contributed by atoms with Gasteiger partial charge in [0.05, 0.1) is 6.04 Å². The highest BCUT2D eigenvalue weighted by molar-refractivity contribution is 5.95. The number of phenolic OH excluding ortho intramolecular Hbond substituents is 1. The Kier molecular flexibility index (Phi) is 10.9.